The van der Waals surface area contributed by atoms with Crippen molar-refractivity contribution in [2.45, 2.75) is 19.9 Å². The van der Waals surface area contributed by atoms with Gasteiger partial charge < -0.3 is 15.2 Å². The van der Waals surface area contributed by atoms with Crippen molar-refractivity contribution >= 4 is 16.7 Å². The van der Waals surface area contributed by atoms with Gasteiger partial charge in [0.2, 0.25) is 0 Å². The summed E-state index contributed by atoms with van der Waals surface area (Å²) in [5.74, 6) is 0.704. The lowest BCUT2D eigenvalue weighted by Gasteiger charge is -2.20. The molecule has 2 N–H and O–H groups in total. The van der Waals surface area contributed by atoms with Crippen molar-refractivity contribution in [1.29, 1.82) is 0 Å². The van der Waals surface area contributed by atoms with E-state index in [9.17, 15) is 9.90 Å². The predicted octanol–water partition coefficient (Wildman–Crippen LogP) is 2.60. The maximum Gasteiger partial charge on any atom is 0.252 e. The number of benzene rings is 2. The van der Waals surface area contributed by atoms with E-state index in [1.54, 1.807) is 13.2 Å². The van der Waals surface area contributed by atoms with Crippen molar-refractivity contribution in [3.63, 3.8) is 0 Å². The lowest BCUT2D eigenvalue weighted by molar-refractivity contribution is 0.0898. The van der Waals surface area contributed by atoms with Crippen LogP contribution in [0.4, 0.5) is 0 Å². The second kappa shape index (κ2) is 6.59. The molecule has 0 aliphatic carbocycles. The maximum atomic E-state index is 12.5. The fourth-order valence-corrected chi connectivity index (χ4v) is 2.25. The minimum absolute atomic E-state index is 0.0719. The highest BCUT2D eigenvalue weighted by Crippen LogP contribution is 2.24. The normalized spacial score (nSPS) is 12.4. The third-order valence-electron chi connectivity index (χ3n) is 3.65. The number of aliphatic hydroxyl groups is 1. The molecule has 0 radical (unpaired) electrons. The minimum atomic E-state index is -0.252. The number of carbonyl (C=O) groups is 1. The van der Waals surface area contributed by atoms with E-state index in [1.807, 2.05) is 44.2 Å². The summed E-state index contributed by atoms with van der Waals surface area (Å²) >= 11 is 0. The molecule has 1 amide bonds. The Balaban J connectivity index is 2.38. The van der Waals surface area contributed by atoms with Crippen molar-refractivity contribution in [1.82, 2.24) is 5.32 Å². The molecule has 2 aromatic carbocycles. The molecule has 2 aromatic rings. The Hall–Kier alpha value is -2.07. The number of aliphatic hydroxyl groups excluding tert-OH is 1. The van der Waals surface area contributed by atoms with Crippen LogP contribution in [0.2, 0.25) is 0 Å². The first-order valence-corrected chi connectivity index (χ1v) is 7.05. The average Bonchev–Trinajstić information content (AvgIpc) is 2.50. The lowest BCUT2D eigenvalue weighted by Crippen LogP contribution is -2.41. The first-order chi connectivity index (χ1) is 10.1. The first kappa shape index (κ1) is 15.3. The summed E-state index contributed by atoms with van der Waals surface area (Å²) < 4.78 is 5.23. The van der Waals surface area contributed by atoms with Crippen molar-refractivity contribution < 1.29 is 14.6 Å². The first-order valence-electron chi connectivity index (χ1n) is 7.05. The smallest absolute Gasteiger partial charge is 0.252 e. The molecule has 0 aliphatic heterocycles. The zero-order valence-corrected chi connectivity index (χ0v) is 12.6. The van der Waals surface area contributed by atoms with Crippen molar-refractivity contribution in [3.05, 3.63) is 42.0 Å². The number of carbonyl (C=O) groups excluding carboxylic acids is 1. The van der Waals surface area contributed by atoms with Crippen molar-refractivity contribution in [3.8, 4) is 5.75 Å². The molecule has 0 unspecified atom stereocenters. The van der Waals surface area contributed by atoms with E-state index < -0.39 is 0 Å². The van der Waals surface area contributed by atoms with Crippen LogP contribution in [0.3, 0.4) is 0 Å². The quantitative estimate of drug-likeness (QED) is 0.888. The van der Waals surface area contributed by atoms with E-state index >= 15 is 0 Å². The van der Waals surface area contributed by atoms with Gasteiger partial charge >= 0.3 is 0 Å². The molecule has 4 heteroatoms. The molecule has 0 aromatic heterocycles. The molecule has 0 saturated carbocycles. The summed E-state index contributed by atoms with van der Waals surface area (Å²) in [6.07, 6.45) is 0. The van der Waals surface area contributed by atoms with Gasteiger partial charge in [-0.2, -0.15) is 0 Å². The highest BCUT2D eigenvalue weighted by Gasteiger charge is 2.17. The highest BCUT2D eigenvalue weighted by molar-refractivity contribution is 6.07. The molecule has 4 nitrogen and oxygen atoms in total. The van der Waals surface area contributed by atoms with Crippen LogP contribution in [0.15, 0.2) is 36.4 Å². The van der Waals surface area contributed by atoms with Crippen LogP contribution in [-0.2, 0) is 0 Å². The Kier molecular flexibility index (Phi) is 4.81. The fourth-order valence-electron chi connectivity index (χ4n) is 2.25. The SMILES string of the molecule is COc1ccc2cccc(C(=O)N[C@H](CO)C(C)C)c2c1. The van der Waals surface area contributed by atoms with E-state index in [0.29, 0.717) is 11.3 Å². The van der Waals surface area contributed by atoms with Gasteiger partial charge in [-0.05, 0) is 34.9 Å². The van der Waals surface area contributed by atoms with E-state index in [1.165, 1.54) is 0 Å². The summed E-state index contributed by atoms with van der Waals surface area (Å²) in [6, 6.07) is 11.0. The van der Waals surface area contributed by atoms with Crippen LogP contribution in [0.5, 0.6) is 5.75 Å². The Morgan fingerprint density at radius 1 is 1.29 bits per heavy atom. The molecule has 0 aliphatic rings. The molecule has 0 heterocycles. The molecule has 2 rings (SSSR count). The standard InChI is InChI=1S/C17H21NO3/c1-11(2)16(10-19)18-17(20)14-6-4-5-12-7-8-13(21-3)9-15(12)14/h4-9,11,16,19H,10H2,1-3H3,(H,18,20)/t16-/m1/s1. The van der Waals surface area contributed by atoms with Gasteiger partial charge in [-0.3, -0.25) is 4.79 Å². The Morgan fingerprint density at radius 3 is 2.67 bits per heavy atom. The topological polar surface area (TPSA) is 58.6 Å². The van der Waals surface area contributed by atoms with Gasteiger partial charge in [-0.15, -0.1) is 0 Å². The third-order valence-corrected chi connectivity index (χ3v) is 3.65. The number of rotatable bonds is 5. The average molecular weight is 287 g/mol. The predicted molar refractivity (Wildman–Crippen MR) is 83.7 cm³/mol. The maximum absolute atomic E-state index is 12.5. The highest BCUT2D eigenvalue weighted by atomic mass is 16.5. The number of nitrogens with one attached hydrogen (secondary N) is 1. The summed E-state index contributed by atoms with van der Waals surface area (Å²) in [7, 11) is 1.60. The fraction of sp³-hybridized carbons (Fsp3) is 0.353. The zero-order valence-electron chi connectivity index (χ0n) is 12.6. The number of hydrogen-bond acceptors (Lipinski definition) is 3. The van der Waals surface area contributed by atoms with Crippen molar-refractivity contribution in [2.75, 3.05) is 13.7 Å². The number of ether oxygens (including phenoxy) is 1. The number of fused-ring (bicyclic) bond motifs is 1. The van der Waals surface area contributed by atoms with Crippen LogP contribution in [0, 0.1) is 5.92 Å². The van der Waals surface area contributed by atoms with Crippen LogP contribution in [0.25, 0.3) is 10.8 Å². The molecule has 0 saturated heterocycles. The molecular formula is C17H21NO3. The van der Waals surface area contributed by atoms with Gasteiger partial charge in [0.05, 0.1) is 19.8 Å². The van der Waals surface area contributed by atoms with Crippen LogP contribution in [-0.4, -0.2) is 30.8 Å². The van der Waals surface area contributed by atoms with Gasteiger partial charge in [0.25, 0.3) is 5.91 Å². The summed E-state index contributed by atoms with van der Waals surface area (Å²) in [4.78, 5) is 12.5. The molecule has 0 fully saturated rings. The number of amides is 1. The Morgan fingerprint density at radius 2 is 2.05 bits per heavy atom. The van der Waals surface area contributed by atoms with E-state index in [4.69, 9.17) is 4.74 Å². The monoisotopic (exact) mass is 287 g/mol. The van der Waals surface area contributed by atoms with Gasteiger partial charge in [0.1, 0.15) is 5.75 Å². The molecule has 112 valence electrons. The molecular weight excluding hydrogens is 266 g/mol. The van der Waals surface area contributed by atoms with Crippen LogP contribution < -0.4 is 10.1 Å². The summed E-state index contributed by atoms with van der Waals surface area (Å²) in [6.45, 7) is 3.86. The number of hydrogen-bond donors (Lipinski definition) is 2. The molecule has 0 bridgehead atoms. The summed E-state index contributed by atoms with van der Waals surface area (Å²) in [5, 5.41) is 14.1. The Bertz CT molecular complexity index is 637. The molecule has 21 heavy (non-hydrogen) atoms. The van der Waals surface area contributed by atoms with E-state index in [2.05, 4.69) is 5.32 Å². The Labute approximate surface area is 124 Å². The van der Waals surface area contributed by atoms with Gasteiger partial charge in [-0.1, -0.05) is 32.0 Å². The van der Waals surface area contributed by atoms with E-state index in [0.717, 1.165) is 10.8 Å². The zero-order chi connectivity index (χ0) is 15.4. The van der Waals surface area contributed by atoms with Crippen LogP contribution >= 0.6 is 0 Å². The second-order valence-corrected chi connectivity index (χ2v) is 5.40. The second-order valence-electron chi connectivity index (χ2n) is 5.40. The molecule has 0 spiro atoms. The summed E-state index contributed by atoms with van der Waals surface area (Å²) in [5.41, 5.74) is 0.588. The van der Waals surface area contributed by atoms with Crippen LogP contribution in [0.1, 0.15) is 24.2 Å². The third kappa shape index (κ3) is 3.34. The minimum Gasteiger partial charge on any atom is -0.497 e. The van der Waals surface area contributed by atoms with Crippen molar-refractivity contribution in [2.24, 2.45) is 5.92 Å². The molecule has 1 atom stereocenters. The largest absolute Gasteiger partial charge is 0.497 e. The number of methoxy groups -OCH3 is 1. The van der Waals surface area contributed by atoms with Gasteiger partial charge in [0.15, 0.2) is 0 Å². The lowest BCUT2D eigenvalue weighted by atomic mass is 10.0. The van der Waals surface area contributed by atoms with E-state index in [-0.39, 0.29) is 24.5 Å². The van der Waals surface area contributed by atoms with Gasteiger partial charge in [0, 0.05) is 5.56 Å². The van der Waals surface area contributed by atoms with Gasteiger partial charge in [-0.25, -0.2) is 0 Å².